The van der Waals surface area contributed by atoms with Gasteiger partial charge in [-0.15, -0.1) is 22.7 Å². The van der Waals surface area contributed by atoms with Crippen LogP contribution in [0, 0.1) is 6.92 Å². The number of nitrogens with zero attached hydrogens (tertiary/aromatic N) is 1. The average Bonchev–Trinajstić information content (AvgIpc) is 3.35. The van der Waals surface area contributed by atoms with E-state index >= 15 is 0 Å². The topological polar surface area (TPSA) is 111 Å². The molecule has 1 aliphatic carbocycles. The summed E-state index contributed by atoms with van der Waals surface area (Å²) in [6, 6.07) is 9.95. The van der Waals surface area contributed by atoms with Crippen LogP contribution in [-0.2, 0) is 12.8 Å². The number of aromatic nitrogens is 1. The molecule has 5 rings (SSSR count). The van der Waals surface area contributed by atoms with E-state index in [1.165, 1.54) is 41.1 Å². The van der Waals surface area contributed by atoms with Gasteiger partial charge in [0.25, 0.3) is 11.8 Å². The summed E-state index contributed by atoms with van der Waals surface area (Å²) < 4.78 is 0. The number of fused-ring (bicyclic) bond motifs is 2. The van der Waals surface area contributed by atoms with Crippen LogP contribution >= 0.6 is 22.7 Å². The van der Waals surface area contributed by atoms with Crippen LogP contribution in [0.4, 0.5) is 10.7 Å². The molecular formula is C26H26N4O2S2. The van der Waals surface area contributed by atoms with Crippen LogP contribution in [0.15, 0.2) is 35.7 Å². The summed E-state index contributed by atoms with van der Waals surface area (Å²) in [5.41, 5.74) is 17.9. The maximum absolute atomic E-state index is 13.2. The van der Waals surface area contributed by atoms with Crippen molar-refractivity contribution in [3.63, 3.8) is 0 Å². The number of thiophene rings is 2. The van der Waals surface area contributed by atoms with Crippen LogP contribution in [0.5, 0.6) is 0 Å². The number of nitrogens with one attached hydrogen (secondary N) is 1. The fourth-order valence-electron chi connectivity index (χ4n) is 4.48. The number of anilines is 2. The van der Waals surface area contributed by atoms with Gasteiger partial charge in [-0.25, -0.2) is 4.98 Å². The number of nitrogen functional groups attached to an aromatic ring is 1. The van der Waals surface area contributed by atoms with E-state index < -0.39 is 5.91 Å². The standard InChI is InChI=1S/C26H26N4O2S2/c1-14-8-10-15(11-9-14)18-13-33-26(20(18)23(28)31)30-24(32)22-21(27)17-12-16-6-4-2-3-5-7-19(16)29-25(17)34-22/h8-13H,2-7,27H2,1H3,(H2,28,31)(H,30,32). The minimum atomic E-state index is -0.585. The van der Waals surface area contributed by atoms with Gasteiger partial charge < -0.3 is 16.8 Å². The normalized spacial score (nSPS) is 13.8. The van der Waals surface area contributed by atoms with Crippen molar-refractivity contribution in [1.82, 2.24) is 4.98 Å². The van der Waals surface area contributed by atoms with E-state index in [1.807, 2.05) is 36.6 Å². The highest BCUT2D eigenvalue weighted by molar-refractivity contribution is 7.21. The van der Waals surface area contributed by atoms with E-state index in [-0.39, 0.29) is 5.91 Å². The van der Waals surface area contributed by atoms with Gasteiger partial charge in [-0.3, -0.25) is 9.59 Å². The number of carbonyl (C=O) groups excluding carboxylic acids is 2. The van der Waals surface area contributed by atoms with Crippen LogP contribution < -0.4 is 16.8 Å². The molecule has 0 radical (unpaired) electrons. The molecule has 4 aromatic rings. The number of primary amides is 1. The molecule has 6 nitrogen and oxygen atoms in total. The maximum atomic E-state index is 13.2. The van der Waals surface area contributed by atoms with Crippen LogP contribution in [-0.4, -0.2) is 16.8 Å². The fourth-order valence-corrected chi connectivity index (χ4v) is 6.44. The highest BCUT2D eigenvalue weighted by atomic mass is 32.1. The molecule has 1 aliphatic rings. The first-order valence-corrected chi connectivity index (χ1v) is 13.1. The van der Waals surface area contributed by atoms with Crippen LogP contribution in [0.1, 0.15) is 62.5 Å². The van der Waals surface area contributed by atoms with Gasteiger partial charge in [0.05, 0.1) is 11.3 Å². The molecule has 2 amide bonds. The number of benzene rings is 1. The monoisotopic (exact) mass is 490 g/mol. The zero-order valence-electron chi connectivity index (χ0n) is 18.9. The summed E-state index contributed by atoms with van der Waals surface area (Å²) in [5.74, 6) is -0.939. The first-order chi connectivity index (χ1) is 16.4. The van der Waals surface area contributed by atoms with Gasteiger partial charge in [0.15, 0.2) is 0 Å². The van der Waals surface area contributed by atoms with Gasteiger partial charge in [-0.1, -0.05) is 42.7 Å². The zero-order chi connectivity index (χ0) is 23.8. The largest absolute Gasteiger partial charge is 0.397 e. The van der Waals surface area contributed by atoms with E-state index in [9.17, 15) is 9.59 Å². The lowest BCUT2D eigenvalue weighted by molar-refractivity contribution is 0.100. The third kappa shape index (κ3) is 4.19. The van der Waals surface area contributed by atoms with Gasteiger partial charge in [0, 0.05) is 22.0 Å². The molecule has 0 spiro atoms. The highest BCUT2D eigenvalue weighted by Crippen LogP contribution is 2.38. The summed E-state index contributed by atoms with van der Waals surface area (Å²) in [4.78, 5) is 31.6. The Labute approximate surface area is 206 Å². The summed E-state index contributed by atoms with van der Waals surface area (Å²) in [5, 5.41) is 5.98. The van der Waals surface area contributed by atoms with Crippen LogP contribution in [0.3, 0.4) is 0 Å². The molecular weight excluding hydrogens is 464 g/mol. The van der Waals surface area contributed by atoms with Gasteiger partial charge in [-0.05, 0) is 49.8 Å². The molecule has 3 aromatic heterocycles. The van der Waals surface area contributed by atoms with Gasteiger partial charge in [0.2, 0.25) is 0 Å². The number of carbonyl (C=O) groups is 2. The third-order valence-electron chi connectivity index (χ3n) is 6.33. The van der Waals surface area contributed by atoms with Crippen molar-refractivity contribution in [3.05, 3.63) is 63.0 Å². The van der Waals surface area contributed by atoms with Gasteiger partial charge >= 0.3 is 0 Å². The Bertz CT molecular complexity index is 1400. The molecule has 0 atom stereocenters. The Hall–Kier alpha value is -3.23. The molecule has 0 fully saturated rings. The lowest BCUT2D eigenvalue weighted by atomic mass is 9.96. The summed E-state index contributed by atoms with van der Waals surface area (Å²) in [6.07, 6.45) is 6.70. The Morgan fingerprint density at radius 1 is 1.06 bits per heavy atom. The quantitative estimate of drug-likeness (QED) is 0.329. The van der Waals surface area contributed by atoms with Crippen molar-refractivity contribution in [2.45, 2.75) is 45.4 Å². The van der Waals surface area contributed by atoms with Crippen molar-refractivity contribution in [2.24, 2.45) is 5.73 Å². The smallest absolute Gasteiger partial charge is 0.268 e. The van der Waals surface area contributed by atoms with Crippen LogP contribution in [0.2, 0.25) is 0 Å². The molecule has 0 saturated carbocycles. The Morgan fingerprint density at radius 2 is 1.79 bits per heavy atom. The minimum absolute atomic E-state index is 0.308. The average molecular weight is 491 g/mol. The van der Waals surface area contributed by atoms with E-state index in [0.29, 0.717) is 26.7 Å². The molecule has 34 heavy (non-hydrogen) atoms. The summed E-state index contributed by atoms with van der Waals surface area (Å²) >= 11 is 2.58. The molecule has 0 bridgehead atoms. The van der Waals surface area contributed by atoms with Crippen LogP contribution in [0.25, 0.3) is 21.3 Å². The molecule has 1 aromatic carbocycles. The van der Waals surface area contributed by atoms with E-state index in [1.54, 1.807) is 0 Å². The van der Waals surface area contributed by atoms with Gasteiger partial charge in [0.1, 0.15) is 14.7 Å². The molecule has 5 N–H and O–H groups in total. The maximum Gasteiger partial charge on any atom is 0.268 e. The molecule has 3 heterocycles. The number of pyridine rings is 1. The zero-order valence-corrected chi connectivity index (χ0v) is 20.6. The SMILES string of the molecule is Cc1ccc(-c2csc(NC(=O)c3sc4nc5c(cc4c3N)CCCCCC5)c2C(N)=O)cc1. The molecule has 0 unspecified atom stereocenters. The highest BCUT2D eigenvalue weighted by Gasteiger charge is 2.24. The Morgan fingerprint density at radius 3 is 2.53 bits per heavy atom. The molecule has 8 heteroatoms. The predicted molar refractivity (Wildman–Crippen MR) is 141 cm³/mol. The number of aryl methyl sites for hydroxylation is 3. The second-order valence-corrected chi connectivity index (χ2v) is 10.6. The third-order valence-corrected chi connectivity index (χ3v) is 8.34. The lowest BCUT2D eigenvalue weighted by Gasteiger charge is -2.12. The lowest BCUT2D eigenvalue weighted by Crippen LogP contribution is -2.17. The number of hydrogen-bond acceptors (Lipinski definition) is 6. The number of rotatable bonds is 4. The second-order valence-electron chi connectivity index (χ2n) is 8.74. The number of amides is 2. The van der Waals surface area contributed by atoms with Crippen molar-refractivity contribution in [3.8, 4) is 11.1 Å². The fraction of sp³-hybridized carbons (Fsp3) is 0.269. The molecule has 0 saturated heterocycles. The van der Waals surface area contributed by atoms with Crippen molar-refractivity contribution < 1.29 is 9.59 Å². The summed E-state index contributed by atoms with van der Waals surface area (Å²) in [6.45, 7) is 2.00. The van der Waals surface area contributed by atoms with Gasteiger partial charge in [-0.2, -0.15) is 0 Å². The Balaban J connectivity index is 1.48. The molecule has 174 valence electrons. The van der Waals surface area contributed by atoms with E-state index in [2.05, 4.69) is 11.4 Å². The first-order valence-electron chi connectivity index (χ1n) is 11.4. The van der Waals surface area contributed by atoms with Crippen molar-refractivity contribution in [2.75, 3.05) is 11.1 Å². The van der Waals surface area contributed by atoms with Crippen molar-refractivity contribution >= 4 is 55.4 Å². The second kappa shape index (κ2) is 9.19. The minimum Gasteiger partial charge on any atom is -0.397 e. The number of nitrogens with two attached hydrogens (primary N) is 2. The van der Waals surface area contributed by atoms with E-state index in [4.69, 9.17) is 16.5 Å². The van der Waals surface area contributed by atoms with E-state index in [0.717, 1.165) is 52.7 Å². The molecule has 0 aliphatic heterocycles. The summed E-state index contributed by atoms with van der Waals surface area (Å²) in [7, 11) is 0. The van der Waals surface area contributed by atoms with Crippen molar-refractivity contribution in [1.29, 1.82) is 0 Å². The Kier molecular flexibility index (Phi) is 6.10. The first kappa shape index (κ1) is 22.6. The number of hydrogen-bond donors (Lipinski definition) is 3. The predicted octanol–water partition coefficient (Wildman–Crippen LogP) is 5.93.